The molecule has 1 aliphatic heterocycles. The number of rotatable bonds is 2. The Morgan fingerprint density at radius 3 is 2.27 bits per heavy atom. The summed E-state index contributed by atoms with van der Waals surface area (Å²) in [4.78, 5) is 24.5. The smallest absolute Gasteiger partial charge is 0.219 e. The number of Topliss-reactive ketones (excluding diaryl/α,β-unsaturated/α-hetero) is 1. The summed E-state index contributed by atoms with van der Waals surface area (Å²) in [5.41, 5.74) is -0.833. The van der Waals surface area contributed by atoms with Crippen LogP contribution in [0, 0.1) is 16.7 Å². The number of nitrogens with zero attached hydrogens (tertiary/aromatic N) is 2. The maximum atomic E-state index is 11.7. The number of ketones is 1. The van der Waals surface area contributed by atoms with Crippen LogP contribution >= 0.6 is 0 Å². The molecule has 15 heavy (non-hydrogen) atoms. The van der Waals surface area contributed by atoms with E-state index in [4.69, 9.17) is 5.26 Å². The molecule has 0 aromatic rings. The Morgan fingerprint density at radius 2 is 1.93 bits per heavy atom. The van der Waals surface area contributed by atoms with Gasteiger partial charge in [0.2, 0.25) is 5.91 Å². The highest BCUT2D eigenvalue weighted by molar-refractivity contribution is 5.87. The number of likely N-dealkylation sites (tertiary alicyclic amines) is 1. The maximum Gasteiger partial charge on any atom is 0.219 e. The van der Waals surface area contributed by atoms with Crippen molar-refractivity contribution >= 4 is 11.7 Å². The lowest BCUT2D eigenvalue weighted by Crippen LogP contribution is -2.45. The van der Waals surface area contributed by atoms with Crippen LogP contribution < -0.4 is 0 Å². The largest absolute Gasteiger partial charge is 0.343 e. The highest BCUT2D eigenvalue weighted by Crippen LogP contribution is 2.32. The van der Waals surface area contributed by atoms with E-state index in [9.17, 15) is 9.59 Å². The standard InChI is InChI=1S/C11H16N2O2/c1-3-10(15)11(8-12)4-6-13(7-5-11)9(2)14/h3-7H2,1-2H3. The maximum absolute atomic E-state index is 11.7. The molecule has 0 unspecified atom stereocenters. The molecule has 0 radical (unpaired) electrons. The number of piperidine rings is 1. The molecule has 4 heteroatoms. The molecule has 1 heterocycles. The lowest BCUT2D eigenvalue weighted by Gasteiger charge is -2.35. The zero-order valence-electron chi connectivity index (χ0n) is 9.25. The van der Waals surface area contributed by atoms with E-state index in [0.717, 1.165) is 0 Å². The molecule has 82 valence electrons. The van der Waals surface area contributed by atoms with Gasteiger partial charge in [-0.15, -0.1) is 0 Å². The van der Waals surface area contributed by atoms with Gasteiger partial charge in [0.25, 0.3) is 0 Å². The first kappa shape index (κ1) is 11.7. The van der Waals surface area contributed by atoms with E-state index in [1.807, 2.05) is 0 Å². The Hall–Kier alpha value is -1.37. The van der Waals surface area contributed by atoms with Gasteiger partial charge in [0.05, 0.1) is 6.07 Å². The minimum Gasteiger partial charge on any atom is -0.343 e. The highest BCUT2D eigenvalue weighted by atomic mass is 16.2. The molecule has 0 bridgehead atoms. The first-order valence-corrected chi connectivity index (χ1v) is 5.26. The van der Waals surface area contributed by atoms with Crippen LogP contribution in [0.2, 0.25) is 0 Å². The summed E-state index contributed by atoms with van der Waals surface area (Å²) in [6, 6.07) is 2.14. The van der Waals surface area contributed by atoms with E-state index in [1.54, 1.807) is 11.8 Å². The number of amides is 1. The van der Waals surface area contributed by atoms with Crippen LogP contribution in [0.1, 0.15) is 33.1 Å². The van der Waals surface area contributed by atoms with Crippen molar-refractivity contribution in [1.29, 1.82) is 5.26 Å². The van der Waals surface area contributed by atoms with Gasteiger partial charge in [0, 0.05) is 26.4 Å². The topological polar surface area (TPSA) is 61.2 Å². The number of hydrogen-bond donors (Lipinski definition) is 0. The number of carbonyl (C=O) groups excluding carboxylic acids is 2. The molecule has 0 saturated carbocycles. The van der Waals surface area contributed by atoms with Crippen LogP contribution in [0.15, 0.2) is 0 Å². The fourth-order valence-corrected chi connectivity index (χ4v) is 1.99. The zero-order chi connectivity index (χ0) is 11.5. The average molecular weight is 208 g/mol. The zero-order valence-corrected chi connectivity index (χ0v) is 9.25. The molecule has 1 aliphatic rings. The van der Waals surface area contributed by atoms with Gasteiger partial charge < -0.3 is 4.90 Å². The Morgan fingerprint density at radius 1 is 1.40 bits per heavy atom. The van der Waals surface area contributed by atoms with Crippen molar-refractivity contribution in [1.82, 2.24) is 4.90 Å². The summed E-state index contributed by atoms with van der Waals surface area (Å²) in [7, 11) is 0. The average Bonchev–Trinajstić information content (AvgIpc) is 2.27. The molecular formula is C11H16N2O2. The van der Waals surface area contributed by atoms with Crippen molar-refractivity contribution < 1.29 is 9.59 Å². The summed E-state index contributed by atoms with van der Waals surface area (Å²) >= 11 is 0. The van der Waals surface area contributed by atoms with Crippen LogP contribution in [0.5, 0.6) is 0 Å². The summed E-state index contributed by atoms with van der Waals surface area (Å²) < 4.78 is 0. The molecule has 0 aromatic heterocycles. The fraction of sp³-hybridized carbons (Fsp3) is 0.727. The summed E-state index contributed by atoms with van der Waals surface area (Å²) in [5.74, 6) is 0.0266. The predicted octanol–water partition coefficient (Wildman–Crippen LogP) is 1.12. The summed E-state index contributed by atoms with van der Waals surface area (Å²) in [6.45, 7) is 4.34. The minimum absolute atomic E-state index is 0.00759. The van der Waals surface area contributed by atoms with Gasteiger partial charge in [0.1, 0.15) is 5.41 Å². The van der Waals surface area contributed by atoms with Crippen LogP contribution in [-0.2, 0) is 9.59 Å². The van der Waals surface area contributed by atoms with E-state index in [1.165, 1.54) is 6.92 Å². The second kappa shape index (κ2) is 4.43. The molecule has 0 N–H and O–H groups in total. The van der Waals surface area contributed by atoms with E-state index in [-0.39, 0.29) is 11.7 Å². The SMILES string of the molecule is CCC(=O)C1(C#N)CCN(C(C)=O)CC1. The van der Waals surface area contributed by atoms with Crippen molar-refractivity contribution in [3.8, 4) is 6.07 Å². The second-order valence-electron chi connectivity index (χ2n) is 3.98. The third-order valence-corrected chi connectivity index (χ3v) is 3.13. The van der Waals surface area contributed by atoms with Crippen molar-refractivity contribution in [2.24, 2.45) is 5.41 Å². The van der Waals surface area contributed by atoms with Crippen LogP contribution in [0.25, 0.3) is 0 Å². The monoisotopic (exact) mass is 208 g/mol. The quantitative estimate of drug-likeness (QED) is 0.683. The molecule has 4 nitrogen and oxygen atoms in total. The second-order valence-corrected chi connectivity index (χ2v) is 3.98. The Bertz CT molecular complexity index is 309. The van der Waals surface area contributed by atoms with Crippen molar-refractivity contribution in [3.63, 3.8) is 0 Å². The van der Waals surface area contributed by atoms with E-state index < -0.39 is 5.41 Å². The van der Waals surface area contributed by atoms with Crippen molar-refractivity contribution in [3.05, 3.63) is 0 Å². The van der Waals surface area contributed by atoms with Crippen molar-refractivity contribution in [2.75, 3.05) is 13.1 Å². The first-order chi connectivity index (χ1) is 7.05. The summed E-state index contributed by atoms with van der Waals surface area (Å²) in [5, 5.41) is 9.09. The fourth-order valence-electron chi connectivity index (χ4n) is 1.99. The van der Waals surface area contributed by atoms with E-state index in [2.05, 4.69) is 6.07 Å². The van der Waals surface area contributed by atoms with E-state index in [0.29, 0.717) is 32.4 Å². The Balaban J connectivity index is 2.72. The molecular weight excluding hydrogens is 192 g/mol. The normalized spacial score (nSPS) is 19.4. The molecule has 1 fully saturated rings. The minimum atomic E-state index is -0.833. The lowest BCUT2D eigenvalue weighted by atomic mass is 9.75. The number of carbonyl (C=O) groups is 2. The van der Waals surface area contributed by atoms with Gasteiger partial charge in [-0.2, -0.15) is 5.26 Å². The van der Waals surface area contributed by atoms with Crippen LogP contribution in [0.3, 0.4) is 0 Å². The predicted molar refractivity (Wildman–Crippen MR) is 54.8 cm³/mol. The molecule has 1 amide bonds. The van der Waals surface area contributed by atoms with E-state index >= 15 is 0 Å². The van der Waals surface area contributed by atoms with Gasteiger partial charge >= 0.3 is 0 Å². The van der Waals surface area contributed by atoms with Gasteiger partial charge in [-0.1, -0.05) is 6.92 Å². The van der Waals surface area contributed by atoms with Gasteiger partial charge in [-0.25, -0.2) is 0 Å². The number of hydrogen-bond acceptors (Lipinski definition) is 3. The van der Waals surface area contributed by atoms with Crippen molar-refractivity contribution in [2.45, 2.75) is 33.1 Å². The molecule has 0 atom stereocenters. The van der Waals surface area contributed by atoms with Crippen LogP contribution in [0.4, 0.5) is 0 Å². The highest BCUT2D eigenvalue weighted by Gasteiger charge is 2.40. The molecule has 0 spiro atoms. The molecule has 1 saturated heterocycles. The molecule has 0 aromatic carbocycles. The molecule has 1 rings (SSSR count). The first-order valence-electron chi connectivity index (χ1n) is 5.26. The third-order valence-electron chi connectivity index (χ3n) is 3.13. The Labute approximate surface area is 89.9 Å². The Kier molecular flexibility index (Phi) is 3.46. The third kappa shape index (κ3) is 2.17. The molecule has 0 aliphatic carbocycles. The van der Waals surface area contributed by atoms with Gasteiger partial charge in [-0.3, -0.25) is 9.59 Å². The van der Waals surface area contributed by atoms with Gasteiger partial charge in [0.15, 0.2) is 5.78 Å². The lowest BCUT2D eigenvalue weighted by molar-refractivity contribution is -0.135. The van der Waals surface area contributed by atoms with Crippen LogP contribution in [-0.4, -0.2) is 29.7 Å². The summed E-state index contributed by atoms with van der Waals surface area (Å²) in [6.07, 6.45) is 1.36. The number of nitriles is 1. The van der Waals surface area contributed by atoms with Gasteiger partial charge in [-0.05, 0) is 12.8 Å².